The zero-order valence-electron chi connectivity index (χ0n) is 34.4. The van der Waals surface area contributed by atoms with Crippen molar-refractivity contribution in [2.75, 3.05) is 53.1 Å². The van der Waals surface area contributed by atoms with Crippen molar-refractivity contribution in [2.45, 2.75) is 57.7 Å². The van der Waals surface area contributed by atoms with Crippen LogP contribution in [0.4, 0.5) is 31.8 Å². The van der Waals surface area contributed by atoms with Gasteiger partial charge in [-0.15, -0.1) is 0 Å². The Morgan fingerprint density at radius 3 is 2.41 bits per heavy atom. The van der Waals surface area contributed by atoms with Crippen molar-refractivity contribution < 1.29 is 31.6 Å². The lowest BCUT2D eigenvalue weighted by atomic mass is 10.0. The molecule has 7 heterocycles. The van der Waals surface area contributed by atoms with Crippen molar-refractivity contribution in [1.82, 2.24) is 39.3 Å². The number of anilines is 4. The maximum absolute atomic E-state index is 15.6. The second kappa shape index (κ2) is 16.8. The van der Waals surface area contributed by atoms with Crippen molar-refractivity contribution in [1.29, 1.82) is 0 Å². The molecule has 0 spiro atoms. The van der Waals surface area contributed by atoms with Crippen LogP contribution in [0.5, 0.6) is 0 Å². The first-order valence-electron chi connectivity index (χ1n) is 20.7. The highest BCUT2D eigenvalue weighted by molar-refractivity contribution is 7.90. The van der Waals surface area contributed by atoms with E-state index in [2.05, 4.69) is 56.0 Å². The van der Waals surface area contributed by atoms with Crippen molar-refractivity contribution in [3.8, 4) is 11.1 Å². The smallest absolute Gasteiger partial charge is 0.301 e. The molecule has 6 aromatic rings. The first-order valence-corrected chi connectivity index (χ1v) is 22.1. The van der Waals surface area contributed by atoms with E-state index in [1.54, 1.807) is 31.6 Å². The van der Waals surface area contributed by atoms with E-state index < -0.39 is 44.9 Å². The number of fused-ring (bicyclic) bond motifs is 2. The molecule has 3 aliphatic rings. The van der Waals surface area contributed by atoms with Crippen LogP contribution in [0.25, 0.3) is 22.2 Å². The number of aromatic nitrogens is 6. The number of hydrogen-bond donors (Lipinski definition) is 4. The first-order chi connectivity index (χ1) is 30.3. The minimum Gasteiger partial charge on any atom is -0.374 e. The highest BCUT2D eigenvalue weighted by Crippen LogP contribution is 2.32. The summed E-state index contributed by atoms with van der Waals surface area (Å²) in [5.41, 5.74) is 4.22. The van der Waals surface area contributed by atoms with E-state index in [1.165, 1.54) is 18.8 Å². The van der Waals surface area contributed by atoms with E-state index in [-0.39, 0.29) is 30.0 Å². The molecule has 4 N–H and O–H groups in total. The summed E-state index contributed by atoms with van der Waals surface area (Å²) in [7, 11) is -2.85. The number of imide groups is 1. The Kier molecular flexibility index (Phi) is 11.1. The maximum Gasteiger partial charge on any atom is 0.301 e. The predicted molar refractivity (Wildman–Crippen MR) is 231 cm³/mol. The van der Waals surface area contributed by atoms with E-state index in [1.807, 2.05) is 24.3 Å². The van der Waals surface area contributed by atoms with Crippen molar-refractivity contribution in [3.05, 3.63) is 107 Å². The number of rotatable bonds is 12. The molecule has 2 saturated heterocycles. The maximum atomic E-state index is 15.6. The lowest BCUT2D eigenvalue weighted by Gasteiger charge is -2.32. The topological polar surface area (TPSA) is 203 Å². The quantitative estimate of drug-likeness (QED) is 0.0953. The number of carbonyl (C=O) groups is 3. The van der Waals surface area contributed by atoms with Crippen LogP contribution in [0.1, 0.15) is 65.8 Å². The summed E-state index contributed by atoms with van der Waals surface area (Å²) in [6.07, 6.45) is 11.7. The normalized spacial score (nSPS) is 17.3. The number of benzene rings is 2. The Morgan fingerprint density at radius 2 is 1.68 bits per heavy atom. The van der Waals surface area contributed by atoms with E-state index in [9.17, 15) is 22.8 Å². The van der Waals surface area contributed by atoms with Crippen LogP contribution in [-0.2, 0) is 32.8 Å². The Bertz CT molecular complexity index is 2840. The molecule has 4 aromatic heterocycles. The van der Waals surface area contributed by atoms with Gasteiger partial charge in [0.05, 0.1) is 23.0 Å². The fraction of sp³-hybridized carbons (Fsp3) is 0.326. The third-order valence-electron chi connectivity index (χ3n) is 12.0. The number of nitrogens with zero attached hydrogens (tertiary/aromatic N) is 8. The summed E-state index contributed by atoms with van der Waals surface area (Å²) in [6.45, 7) is 4.74. The van der Waals surface area contributed by atoms with Gasteiger partial charge >= 0.3 is 10.2 Å². The van der Waals surface area contributed by atoms with E-state index in [0.29, 0.717) is 41.0 Å². The summed E-state index contributed by atoms with van der Waals surface area (Å²) in [4.78, 5) is 58.4. The van der Waals surface area contributed by atoms with Gasteiger partial charge < -0.3 is 20.1 Å². The zero-order chi connectivity index (χ0) is 44.0. The van der Waals surface area contributed by atoms with Crippen LogP contribution in [0.3, 0.4) is 0 Å². The zero-order valence-corrected chi connectivity index (χ0v) is 35.3. The average molecular weight is 879 g/mol. The molecule has 9 rings (SSSR count). The van der Waals surface area contributed by atoms with Gasteiger partial charge in [0.1, 0.15) is 17.5 Å². The Morgan fingerprint density at radius 1 is 0.937 bits per heavy atom. The Balaban J connectivity index is 0.825. The molecule has 17 nitrogen and oxygen atoms in total. The van der Waals surface area contributed by atoms with E-state index in [0.717, 1.165) is 78.9 Å². The van der Waals surface area contributed by atoms with Crippen LogP contribution in [-0.4, -0.2) is 99.3 Å². The molecule has 326 valence electrons. The minimum absolute atomic E-state index is 0.0496. The SMILES string of the molecule is CCN(C)S(=O)(=O)Nc1ccc(F)c(C(=O)c2c[nH]c3ncc(-c4cnc(N5CCC(n6cc7c(n6)CCN(c6ccc(NC8CCC(=O)NC8=O)cc6)C7)CC5)nc4)cc23)c1F. The molecule has 2 aromatic carbocycles. The molecular weight excluding hydrogens is 835 g/mol. The highest BCUT2D eigenvalue weighted by Gasteiger charge is 2.30. The van der Waals surface area contributed by atoms with Crippen LogP contribution < -0.4 is 25.2 Å². The first kappa shape index (κ1) is 41.5. The number of amides is 2. The number of pyridine rings is 1. The lowest BCUT2D eigenvalue weighted by Crippen LogP contribution is -2.47. The van der Waals surface area contributed by atoms with Crippen molar-refractivity contribution in [2.24, 2.45) is 0 Å². The number of aromatic amines is 1. The van der Waals surface area contributed by atoms with Gasteiger partial charge in [0, 0.05) is 123 Å². The molecule has 20 heteroatoms. The monoisotopic (exact) mass is 878 g/mol. The Hall–Kier alpha value is -6.80. The number of ketones is 1. The fourth-order valence-corrected chi connectivity index (χ4v) is 9.15. The lowest BCUT2D eigenvalue weighted by molar-refractivity contribution is -0.133. The number of nitrogens with one attached hydrogen (secondary N) is 4. The molecule has 2 amide bonds. The molecule has 1 unspecified atom stereocenters. The number of halogens is 2. The number of carbonyl (C=O) groups excluding carboxylic acids is 3. The molecule has 0 aliphatic carbocycles. The summed E-state index contributed by atoms with van der Waals surface area (Å²) >= 11 is 0. The second-order valence-corrected chi connectivity index (χ2v) is 17.7. The predicted octanol–water partition coefficient (Wildman–Crippen LogP) is 4.96. The van der Waals surface area contributed by atoms with Gasteiger partial charge in [-0.3, -0.25) is 29.1 Å². The van der Waals surface area contributed by atoms with Gasteiger partial charge in [0.15, 0.2) is 5.82 Å². The van der Waals surface area contributed by atoms with Gasteiger partial charge in [0.2, 0.25) is 23.5 Å². The number of hydrogen-bond acceptors (Lipinski definition) is 12. The van der Waals surface area contributed by atoms with E-state index >= 15 is 8.78 Å². The molecule has 3 aliphatic heterocycles. The van der Waals surface area contributed by atoms with E-state index in [4.69, 9.17) is 5.10 Å². The van der Waals surface area contributed by atoms with Crippen LogP contribution in [0.15, 0.2) is 73.4 Å². The molecule has 0 saturated carbocycles. The molecule has 1 atom stereocenters. The van der Waals surface area contributed by atoms with Crippen LogP contribution >= 0.6 is 0 Å². The average Bonchev–Trinajstić information content (AvgIpc) is 3.93. The second-order valence-electron chi connectivity index (χ2n) is 15.9. The fourth-order valence-electron chi connectivity index (χ4n) is 8.22. The third kappa shape index (κ3) is 8.30. The van der Waals surface area contributed by atoms with Gasteiger partial charge in [-0.25, -0.2) is 23.7 Å². The molecule has 0 bridgehead atoms. The third-order valence-corrected chi connectivity index (χ3v) is 13.5. The summed E-state index contributed by atoms with van der Waals surface area (Å²) < 4.78 is 60.9. The van der Waals surface area contributed by atoms with Crippen molar-refractivity contribution >= 4 is 61.9 Å². The summed E-state index contributed by atoms with van der Waals surface area (Å²) in [6, 6.07) is 11.3. The molecule has 63 heavy (non-hydrogen) atoms. The van der Waals surface area contributed by atoms with Crippen LogP contribution in [0, 0.1) is 11.6 Å². The molecule has 0 radical (unpaired) electrons. The largest absolute Gasteiger partial charge is 0.374 e. The van der Waals surface area contributed by atoms with Gasteiger partial charge in [0.25, 0.3) is 0 Å². The Labute approximate surface area is 361 Å². The minimum atomic E-state index is -4.15. The van der Waals surface area contributed by atoms with Crippen LogP contribution in [0.2, 0.25) is 0 Å². The number of H-pyrrole nitrogens is 1. The van der Waals surface area contributed by atoms with Gasteiger partial charge in [-0.05, 0) is 61.7 Å². The standard InChI is InChI=1S/C43H44F2N12O5S/c1-3-54(2)63(61,62)53-35-9-8-33(44)38(39(35)45)40(59)32-22-47-41-31(32)18-25(19-46-41)26-20-48-43(49-21-26)55-15-12-30(13-16-55)57-24-27-23-56(17-14-34(27)52-57)29-6-4-28(5-7-29)50-36-10-11-37(58)51-42(36)60/h4-9,18-22,24,30,36,50,53H,3,10-17,23H2,1-2H3,(H,46,47)(H,51,58,60). The van der Waals surface area contributed by atoms with Gasteiger partial charge in [-0.1, -0.05) is 6.92 Å². The number of piperidine rings is 2. The highest BCUT2D eigenvalue weighted by atomic mass is 32.2. The summed E-state index contributed by atoms with van der Waals surface area (Å²) in [5.74, 6) is -3.43. The molecular formula is C43H44F2N12O5S. The molecule has 2 fully saturated rings. The summed E-state index contributed by atoms with van der Waals surface area (Å²) in [5, 5.41) is 10.9. The van der Waals surface area contributed by atoms with Gasteiger partial charge in [-0.2, -0.15) is 17.8 Å². The van der Waals surface area contributed by atoms with Crippen molar-refractivity contribution in [3.63, 3.8) is 0 Å².